The number of aromatic nitrogens is 2. The normalized spacial score (nSPS) is 8.88. The molecule has 0 saturated carbocycles. The standard InChI is InChI=1S/C5H6N2.C3H8O3S.BrH.Li/c1-2-7-4-3-6-5-7;1-2-3-7(4,5)6;;/h2-5H,1H2;2-3H2,1H3,(H,4,5,6);1H;/q;;;+1/p-1. The number of imidazole rings is 1. The summed E-state index contributed by atoms with van der Waals surface area (Å²) in [5, 5.41) is 0. The number of nitrogens with zero attached hydrogens (tertiary/aromatic N) is 2. The zero-order valence-electron chi connectivity index (χ0n) is 9.38. The molecule has 1 heterocycles. The van der Waals surface area contributed by atoms with Gasteiger partial charge in [0, 0.05) is 18.6 Å². The molecule has 0 aliphatic carbocycles. The Balaban J connectivity index is -0.000000188. The minimum absolute atomic E-state index is 0. The minimum atomic E-state index is -3.67. The predicted molar refractivity (Wildman–Crippen MR) is 55.3 cm³/mol. The van der Waals surface area contributed by atoms with Crippen LogP contribution in [0.1, 0.15) is 13.3 Å². The fourth-order valence-corrected chi connectivity index (χ4v) is 1.15. The second kappa shape index (κ2) is 11.4. The van der Waals surface area contributed by atoms with Crippen LogP contribution in [0, 0.1) is 0 Å². The number of hydrogen-bond acceptors (Lipinski definition) is 3. The molecule has 1 aromatic rings. The summed E-state index contributed by atoms with van der Waals surface area (Å²) in [6.07, 6.45) is 7.38. The van der Waals surface area contributed by atoms with Crippen LogP contribution in [0.4, 0.5) is 0 Å². The Morgan fingerprint density at radius 1 is 1.56 bits per heavy atom. The largest absolute Gasteiger partial charge is 1.00 e. The third-order valence-corrected chi connectivity index (χ3v) is 2.12. The van der Waals surface area contributed by atoms with Gasteiger partial charge in [-0.05, 0) is 6.42 Å². The van der Waals surface area contributed by atoms with Crippen molar-refractivity contribution in [1.82, 2.24) is 9.55 Å². The van der Waals surface area contributed by atoms with E-state index in [1.54, 1.807) is 30.2 Å². The summed E-state index contributed by atoms with van der Waals surface area (Å²) in [5.74, 6) is -0.132. The van der Waals surface area contributed by atoms with Crippen molar-refractivity contribution in [2.24, 2.45) is 0 Å². The van der Waals surface area contributed by atoms with Crippen LogP contribution in [-0.4, -0.2) is 28.3 Å². The molecule has 16 heavy (non-hydrogen) atoms. The van der Waals surface area contributed by atoms with E-state index < -0.39 is 10.1 Å². The van der Waals surface area contributed by atoms with Gasteiger partial charge in [0.1, 0.15) is 0 Å². The quantitative estimate of drug-likeness (QED) is 0.450. The fourth-order valence-electron chi connectivity index (χ4n) is 0.635. The van der Waals surface area contributed by atoms with Gasteiger partial charge in [-0.2, -0.15) is 8.42 Å². The Morgan fingerprint density at radius 2 is 2.12 bits per heavy atom. The van der Waals surface area contributed by atoms with Gasteiger partial charge in [-0.25, -0.2) is 4.98 Å². The van der Waals surface area contributed by atoms with Crippen molar-refractivity contribution in [3.8, 4) is 0 Å². The summed E-state index contributed by atoms with van der Waals surface area (Å²) < 4.78 is 29.3. The van der Waals surface area contributed by atoms with Crippen molar-refractivity contribution in [2.45, 2.75) is 13.3 Å². The van der Waals surface area contributed by atoms with Crippen LogP contribution in [0.25, 0.3) is 6.20 Å². The molecule has 0 unspecified atom stereocenters. The van der Waals surface area contributed by atoms with Crippen molar-refractivity contribution in [2.75, 3.05) is 5.75 Å². The smallest absolute Gasteiger partial charge is 1.00 e. The average molecular weight is 305 g/mol. The van der Waals surface area contributed by atoms with Crippen LogP contribution in [-0.2, 0) is 10.1 Å². The Bertz CT molecular complexity index is 353. The Labute approximate surface area is 119 Å². The Morgan fingerprint density at radius 3 is 2.25 bits per heavy atom. The number of halogens is 1. The summed E-state index contributed by atoms with van der Waals surface area (Å²) in [5.41, 5.74) is 0. The van der Waals surface area contributed by atoms with Gasteiger partial charge in [-0.1, -0.05) is 13.5 Å². The van der Waals surface area contributed by atoms with Crippen LogP contribution in [0.15, 0.2) is 25.3 Å². The second-order valence-corrected chi connectivity index (χ2v) is 4.05. The zero-order valence-corrected chi connectivity index (χ0v) is 11.8. The van der Waals surface area contributed by atoms with E-state index >= 15 is 0 Å². The van der Waals surface area contributed by atoms with Gasteiger partial charge in [0.2, 0.25) is 0 Å². The van der Waals surface area contributed by atoms with Gasteiger partial charge in [-0.3, -0.25) is 4.55 Å². The summed E-state index contributed by atoms with van der Waals surface area (Å²) in [6.45, 7) is 5.21. The van der Waals surface area contributed by atoms with Crippen molar-refractivity contribution >= 4 is 16.3 Å². The van der Waals surface area contributed by atoms with Crippen LogP contribution >= 0.6 is 0 Å². The van der Waals surface area contributed by atoms with E-state index in [9.17, 15) is 8.42 Å². The molecule has 0 spiro atoms. The monoisotopic (exact) mass is 304 g/mol. The van der Waals surface area contributed by atoms with Gasteiger partial charge < -0.3 is 21.5 Å². The van der Waals surface area contributed by atoms with E-state index in [0.717, 1.165) is 0 Å². The third kappa shape index (κ3) is 13.9. The molecule has 1 N–H and O–H groups in total. The van der Waals surface area contributed by atoms with E-state index in [0.29, 0.717) is 6.42 Å². The fraction of sp³-hybridized carbons (Fsp3) is 0.375. The molecule has 1 rings (SSSR count). The first kappa shape index (κ1) is 21.2. The second-order valence-electron chi connectivity index (χ2n) is 2.48. The topological polar surface area (TPSA) is 72.2 Å². The molecule has 0 saturated heterocycles. The van der Waals surface area contributed by atoms with Crippen LogP contribution in [0.3, 0.4) is 0 Å². The van der Waals surface area contributed by atoms with Crippen LogP contribution < -0.4 is 35.8 Å². The van der Waals surface area contributed by atoms with Crippen molar-refractivity contribution in [1.29, 1.82) is 0 Å². The maximum atomic E-state index is 9.79. The number of rotatable bonds is 3. The van der Waals surface area contributed by atoms with E-state index in [1.807, 2.05) is 6.20 Å². The molecule has 0 fully saturated rings. The van der Waals surface area contributed by atoms with Gasteiger partial charge in [-0.15, -0.1) is 0 Å². The Hall–Kier alpha value is -0.0626. The molecule has 0 atom stereocenters. The number of hydrogen-bond donors (Lipinski definition) is 1. The van der Waals surface area contributed by atoms with Crippen LogP contribution in [0.2, 0.25) is 0 Å². The summed E-state index contributed by atoms with van der Waals surface area (Å²) >= 11 is 0. The molecule has 0 aliphatic heterocycles. The van der Waals surface area contributed by atoms with Gasteiger partial charge in [0.05, 0.1) is 12.1 Å². The molecule has 0 amide bonds. The minimum Gasteiger partial charge on any atom is -1.00 e. The van der Waals surface area contributed by atoms with Crippen molar-refractivity contribution in [3.05, 3.63) is 25.3 Å². The van der Waals surface area contributed by atoms with E-state index in [4.69, 9.17) is 4.55 Å². The van der Waals surface area contributed by atoms with Crippen molar-refractivity contribution in [3.63, 3.8) is 0 Å². The van der Waals surface area contributed by atoms with Gasteiger partial charge >= 0.3 is 18.9 Å². The zero-order chi connectivity index (χ0) is 11.0. The van der Waals surface area contributed by atoms with Crippen molar-refractivity contribution < 1.29 is 48.8 Å². The molecule has 8 heteroatoms. The summed E-state index contributed by atoms with van der Waals surface area (Å²) in [4.78, 5) is 3.78. The molecule has 0 aliphatic rings. The molecular weight excluding hydrogens is 291 g/mol. The average Bonchev–Trinajstić information content (AvgIpc) is 2.54. The van der Waals surface area contributed by atoms with Gasteiger partial charge in [0.15, 0.2) is 0 Å². The van der Waals surface area contributed by atoms with Crippen LogP contribution in [0.5, 0.6) is 0 Å². The molecule has 0 aromatic carbocycles. The summed E-state index contributed by atoms with van der Waals surface area (Å²) in [6, 6.07) is 0. The van der Waals surface area contributed by atoms with Gasteiger partial charge in [0.25, 0.3) is 10.1 Å². The maximum Gasteiger partial charge on any atom is 1.00 e. The predicted octanol–water partition coefficient (Wildman–Crippen LogP) is -4.72. The van der Waals surface area contributed by atoms with E-state index in [1.165, 1.54) is 0 Å². The molecule has 88 valence electrons. The molecule has 5 nitrogen and oxygen atoms in total. The Kier molecular flexibility index (Phi) is 15.2. The SMILES string of the molecule is C=Cn1ccnc1.CCCS(=O)(=O)O.[Br-].[Li+]. The van der Waals surface area contributed by atoms with E-state index in [2.05, 4.69) is 11.6 Å². The maximum absolute atomic E-state index is 9.79. The first-order chi connectivity index (χ1) is 6.49. The first-order valence-electron chi connectivity index (χ1n) is 4.04. The summed E-state index contributed by atoms with van der Waals surface area (Å²) in [7, 11) is -3.67. The third-order valence-electron chi connectivity index (χ3n) is 1.20. The molecule has 0 bridgehead atoms. The first-order valence-corrected chi connectivity index (χ1v) is 5.65. The molecule has 0 radical (unpaired) electrons. The van der Waals surface area contributed by atoms with E-state index in [-0.39, 0.29) is 41.6 Å². The molecular formula is C8H14BrLiN2O3S. The molecule has 1 aromatic heterocycles.